The number of benzene rings is 1. The van der Waals surface area contributed by atoms with Crippen molar-refractivity contribution < 1.29 is 14.3 Å². The van der Waals surface area contributed by atoms with Gasteiger partial charge in [-0.15, -0.1) is 0 Å². The fraction of sp³-hybridized carbons (Fsp3) is 0.529. The van der Waals surface area contributed by atoms with E-state index in [1.807, 2.05) is 27.0 Å². The summed E-state index contributed by atoms with van der Waals surface area (Å²) < 4.78 is 13.7. The minimum Gasteiger partial charge on any atom is -0.465 e. The van der Waals surface area contributed by atoms with Gasteiger partial charge in [-0.3, -0.25) is 4.99 Å². The lowest BCUT2D eigenvalue weighted by Gasteiger charge is -2.48. The standard InChI is InChI=1S/C17H21FN2O2/c1-16(2,3)14-9-17(6-7-20(14)15(21)22)10-19-13-5-4-11(18)8-12(13)17/h4-5,8,10,14H,6-7,9H2,1-3H3,(H,21,22). The largest absolute Gasteiger partial charge is 0.465 e. The first-order valence-corrected chi connectivity index (χ1v) is 7.58. The van der Waals surface area contributed by atoms with Crippen molar-refractivity contribution in [2.24, 2.45) is 10.4 Å². The van der Waals surface area contributed by atoms with Crippen LogP contribution < -0.4 is 0 Å². The molecule has 3 rings (SSSR count). The highest BCUT2D eigenvalue weighted by molar-refractivity contribution is 5.85. The van der Waals surface area contributed by atoms with Crippen molar-refractivity contribution in [2.75, 3.05) is 6.54 Å². The van der Waals surface area contributed by atoms with Crippen molar-refractivity contribution in [1.29, 1.82) is 0 Å². The van der Waals surface area contributed by atoms with Gasteiger partial charge in [0, 0.05) is 24.2 Å². The molecule has 2 heterocycles. The summed E-state index contributed by atoms with van der Waals surface area (Å²) in [7, 11) is 0. The molecule has 1 saturated heterocycles. The zero-order valence-corrected chi connectivity index (χ0v) is 13.1. The molecule has 1 aromatic carbocycles. The summed E-state index contributed by atoms with van der Waals surface area (Å²) in [5, 5.41) is 9.47. The Kier molecular flexibility index (Phi) is 3.27. The number of nitrogens with zero attached hydrogens (tertiary/aromatic N) is 2. The molecule has 5 heteroatoms. The smallest absolute Gasteiger partial charge is 0.407 e. The van der Waals surface area contributed by atoms with Gasteiger partial charge in [-0.2, -0.15) is 0 Å². The van der Waals surface area contributed by atoms with Crippen LogP contribution in [0.15, 0.2) is 23.2 Å². The first-order chi connectivity index (χ1) is 10.2. The van der Waals surface area contributed by atoms with E-state index in [0.717, 1.165) is 11.3 Å². The second kappa shape index (κ2) is 4.80. The molecule has 1 spiro atoms. The van der Waals surface area contributed by atoms with Gasteiger partial charge in [0.15, 0.2) is 0 Å². The van der Waals surface area contributed by atoms with Gasteiger partial charge in [-0.1, -0.05) is 20.8 Å². The molecule has 0 aliphatic carbocycles. The van der Waals surface area contributed by atoms with Gasteiger partial charge < -0.3 is 10.0 Å². The summed E-state index contributed by atoms with van der Waals surface area (Å²) in [6.07, 6.45) is 2.30. The molecule has 0 radical (unpaired) electrons. The Bertz CT molecular complexity index is 651. The van der Waals surface area contributed by atoms with Gasteiger partial charge in [0.1, 0.15) is 5.82 Å². The van der Waals surface area contributed by atoms with Gasteiger partial charge in [-0.05, 0) is 42.0 Å². The number of carbonyl (C=O) groups is 1. The number of rotatable bonds is 0. The van der Waals surface area contributed by atoms with Crippen LogP contribution in [0.2, 0.25) is 0 Å². The number of likely N-dealkylation sites (tertiary alicyclic amines) is 1. The molecule has 2 unspecified atom stereocenters. The zero-order valence-electron chi connectivity index (χ0n) is 13.1. The highest BCUT2D eigenvalue weighted by Crippen LogP contribution is 2.48. The average molecular weight is 304 g/mol. The number of hydrogen-bond acceptors (Lipinski definition) is 2. The van der Waals surface area contributed by atoms with E-state index in [2.05, 4.69) is 4.99 Å². The van der Waals surface area contributed by atoms with Crippen LogP contribution in [0.1, 0.15) is 39.2 Å². The molecule has 1 N–H and O–H groups in total. The number of aliphatic imine (C=N–C) groups is 1. The second-order valence-corrected chi connectivity index (χ2v) is 7.39. The summed E-state index contributed by atoms with van der Waals surface area (Å²) in [4.78, 5) is 17.5. The summed E-state index contributed by atoms with van der Waals surface area (Å²) in [5.74, 6) is -0.267. The van der Waals surface area contributed by atoms with E-state index in [1.165, 1.54) is 11.0 Å². The van der Waals surface area contributed by atoms with Crippen molar-refractivity contribution in [3.8, 4) is 0 Å². The van der Waals surface area contributed by atoms with E-state index >= 15 is 0 Å². The number of hydrogen-bond donors (Lipinski definition) is 1. The van der Waals surface area contributed by atoms with Crippen molar-refractivity contribution in [2.45, 2.75) is 45.1 Å². The lowest BCUT2D eigenvalue weighted by molar-refractivity contribution is 0.0448. The van der Waals surface area contributed by atoms with Crippen LogP contribution in [0.4, 0.5) is 14.9 Å². The molecule has 2 aliphatic rings. The lowest BCUT2D eigenvalue weighted by Crippen LogP contribution is -2.55. The monoisotopic (exact) mass is 304 g/mol. The number of carboxylic acid groups (broad SMARTS) is 1. The predicted octanol–water partition coefficient (Wildman–Crippen LogP) is 3.97. The van der Waals surface area contributed by atoms with Gasteiger partial charge in [0.2, 0.25) is 0 Å². The number of amides is 1. The van der Waals surface area contributed by atoms with Crippen LogP contribution in [0.5, 0.6) is 0 Å². The highest BCUT2D eigenvalue weighted by atomic mass is 19.1. The maximum atomic E-state index is 13.7. The summed E-state index contributed by atoms with van der Waals surface area (Å²) in [6, 6.07) is 4.55. The Morgan fingerprint density at radius 1 is 1.45 bits per heavy atom. The first kappa shape index (κ1) is 15.0. The fourth-order valence-electron chi connectivity index (χ4n) is 3.68. The Morgan fingerprint density at radius 3 is 2.82 bits per heavy atom. The molecule has 2 atom stereocenters. The van der Waals surface area contributed by atoms with Crippen LogP contribution in [-0.4, -0.2) is 34.9 Å². The number of fused-ring (bicyclic) bond motifs is 2. The Labute approximate surface area is 129 Å². The van der Waals surface area contributed by atoms with E-state index in [9.17, 15) is 14.3 Å². The molecule has 1 amide bonds. The number of halogens is 1. The molecule has 2 aliphatic heterocycles. The summed E-state index contributed by atoms with van der Waals surface area (Å²) in [5.41, 5.74) is 1.17. The third kappa shape index (κ3) is 2.28. The van der Waals surface area contributed by atoms with Crippen molar-refractivity contribution in [1.82, 2.24) is 4.90 Å². The quantitative estimate of drug-likeness (QED) is 0.788. The van der Waals surface area contributed by atoms with E-state index < -0.39 is 6.09 Å². The van der Waals surface area contributed by atoms with Crippen molar-refractivity contribution in [3.05, 3.63) is 29.6 Å². The van der Waals surface area contributed by atoms with Crippen LogP contribution in [0, 0.1) is 11.2 Å². The maximum absolute atomic E-state index is 13.7. The Morgan fingerprint density at radius 2 is 2.18 bits per heavy atom. The summed E-state index contributed by atoms with van der Waals surface area (Å²) >= 11 is 0. The minimum atomic E-state index is -0.885. The lowest BCUT2D eigenvalue weighted by atomic mass is 9.67. The fourth-order valence-corrected chi connectivity index (χ4v) is 3.68. The zero-order chi connectivity index (χ0) is 16.1. The molecule has 4 nitrogen and oxygen atoms in total. The summed E-state index contributed by atoms with van der Waals surface area (Å²) in [6.45, 7) is 6.58. The normalized spacial score (nSPS) is 27.3. The van der Waals surface area contributed by atoms with Crippen LogP contribution in [-0.2, 0) is 5.41 Å². The Hall–Kier alpha value is -1.91. The van der Waals surface area contributed by atoms with Crippen LogP contribution in [0.3, 0.4) is 0 Å². The minimum absolute atomic E-state index is 0.126. The molecule has 0 aromatic heterocycles. The van der Waals surface area contributed by atoms with Gasteiger partial charge >= 0.3 is 6.09 Å². The maximum Gasteiger partial charge on any atom is 0.407 e. The number of piperidine rings is 1. The first-order valence-electron chi connectivity index (χ1n) is 7.58. The third-order valence-electron chi connectivity index (χ3n) is 4.92. The SMILES string of the molecule is CC(C)(C)C1CC2(C=Nc3ccc(F)cc32)CCN1C(=O)O. The van der Waals surface area contributed by atoms with Gasteiger partial charge in [0.05, 0.1) is 5.69 Å². The van der Waals surface area contributed by atoms with E-state index in [-0.39, 0.29) is 22.7 Å². The predicted molar refractivity (Wildman–Crippen MR) is 83.4 cm³/mol. The van der Waals surface area contributed by atoms with Crippen LogP contribution >= 0.6 is 0 Å². The molecular formula is C17H21FN2O2. The topological polar surface area (TPSA) is 52.9 Å². The van der Waals surface area contributed by atoms with Crippen molar-refractivity contribution in [3.63, 3.8) is 0 Å². The molecule has 0 saturated carbocycles. The molecule has 1 aromatic rings. The second-order valence-electron chi connectivity index (χ2n) is 7.39. The molecule has 118 valence electrons. The van der Waals surface area contributed by atoms with E-state index in [4.69, 9.17) is 0 Å². The van der Waals surface area contributed by atoms with Crippen molar-refractivity contribution >= 4 is 18.0 Å². The van der Waals surface area contributed by atoms with E-state index in [0.29, 0.717) is 19.4 Å². The van der Waals surface area contributed by atoms with E-state index in [1.54, 1.807) is 12.1 Å². The average Bonchev–Trinajstić information content (AvgIpc) is 2.76. The Balaban J connectivity index is 2.01. The highest BCUT2D eigenvalue weighted by Gasteiger charge is 2.48. The molecule has 1 fully saturated rings. The van der Waals surface area contributed by atoms with Crippen LogP contribution in [0.25, 0.3) is 0 Å². The van der Waals surface area contributed by atoms with Gasteiger partial charge in [-0.25, -0.2) is 9.18 Å². The molecule has 22 heavy (non-hydrogen) atoms. The third-order valence-corrected chi connectivity index (χ3v) is 4.92. The molecular weight excluding hydrogens is 283 g/mol. The van der Waals surface area contributed by atoms with Gasteiger partial charge in [0.25, 0.3) is 0 Å². The molecule has 0 bridgehead atoms.